The highest BCUT2D eigenvalue weighted by molar-refractivity contribution is 5.73. The van der Waals surface area contributed by atoms with Crippen LogP contribution in [0.5, 0.6) is 5.75 Å². The van der Waals surface area contributed by atoms with Crippen LogP contribution in [0.3, 0.4) is 0 Å². The molecule has 2 rings (SSSR count). The molecule has 0 fully saturated rings. The number of methoxy groups -OCH3 is 1. The van der Waals surface area contributed by atoms with E-state index >= 15 is 0 Å². The van der Waals surface area contributed by atoms with Crippen molar-refractivity contribution >= 4 is 6.03 Å². The lowest BCUT2D eigenvalue weighted by Gasteiger charge is -2.09. The van der Waals surface area contributed by atoms with Gasteiger partial charge in [-0.1, -0.05) is 42.0 Å². The molecule has 0 bridgehead atoms. The fraction of sp³-hybridized carbons (Fsp3) is 0.316. The third kappa shape index (κ3) is 6.02. The number of carbonyl (C=O) groups is 1. The highest BCUT2D eigenvalue weighted by Crippen LogP contribution is 2.12. The molecule has 23 heavy (non-hydrogen) atoms. The zero-order valence-electron chi connectivity index (χ0n) is 13.8. The van der Waals surface area contributed by atoms with Crippen LogP contribution in [0.4, 0.5) is 4.79 Å². The van der Waals surface area contributed by atoms with Crippen LogP contribution >= 0.6 is 0 Å². The maximum absolute atomic E-state index is 11.8. The first kappa shape index (κ1) is 16.9. The maximum atomic E-state index is 11.8. The Balaban J connectivity index is 1.65. The number of carbonyl (C=O) groups excluding carboxylic acids is 1. The van der Waals surface area contributed by atoms with Crippen molar-refractivity contribution in [3.8, 4) is 5.75 Å². The molecule has 2 N–H and O–H groups in total. The predicted molar refractivity (Wildman–Crippen MR) is 93.0 cm³/mol. The van der Waals surface area contributed by atoms with Gasteiger partial charge >= 0.3 is 6.03 Å². The van der Waals surface area contributed by atoms with Gasteiger partial charge in [0.2, 0.25) is 0 Å². The fourth-order valence-electron chi connectivity index (χ4n) is 2.40. The van der Waals surface area contributed by atoms with Crippen LogP contribution in [0.2, 0.25) is 0 Å². The van der Waals surface area contributed by atoms with Crippen LogP contribution in [-0.4, -0.2) is 26.2 Å². The molecule has 0 radical (unpaired) electrons. The van der Waals surface area contributed by atoms with Crippen molar-refractivity contribution in [2.24, 2.45) is 0 Å². The number of amides is 2. The van der Waals surface area contributed by atoms with Crippen molar-refractivity contribution in [3.05, 3.63) is 65.2 Å². The summed E-state index contributed by atoms with van der Waals surface area (Å²) in [7, 11) is 1.65. The second-order valence-corrected chi connectivity index (χ2v) is 5.52. The Hall–Kier alpha value is -2.49. The number of benzene rings is 2. The summed E-state index contributed by atoms with van der Waals surface area (Å²) < 4.78 is 5.19. The van der Waals surface area contributed by atoms with Gasteiger partial charge in [-0.05, 0) is 43.0 Å². The van der Waals surface area contributed by atoms with Gasteiger partial charge in [0.05, 0.1) is 7.11 Å². The van der Waals surface area contributed by atoms with Crippen molar-refractivity contribution in [1.82, 2.24) is 10.6 Å². The lowest BCUT2D eigenvalue weighted by molar-refractivity contribution is 0.241. The molecular weight excluding hydrogens is 288 g/mol. The Morgan fingerprint density at radius 2 is 1.57 bits per heavy atom. The molecule has 0 spiro atoms. The average Bonchev–Trinajstić information content (AvgIpc) is 2.55. The SMILES string of the molecule is COc1cccc(CCNC(=O)NCCc2cccc(C)c2)c1. The van der Waals surface area contributed by atoms with Crippen molar-refractivity contribution in [1.29, 1.82) is 0 Å². The number of nitrogens with one attached hydrogen (secondary N) is 2. The molecule has 2 aromatic rings. The van der Waals surface area contributed by atoms with E-state index in [9.17, 15) is 4.79 Å². The molecule has 0 aliphatic rings. The highest BCUT2D eigenvalue weighted by Gasteiger charge is 2.01. The molecule has 4 nitrogen and oxygen atoms in total. The summed E-state index contributed by atoms with van der Waals surface area (Å²) in [5.74, 6) is 0.838. The zero-order valence-corrected chi connectivity index (χ0v) is 13.8. The van der Waals surface area contributed by atoms with E-state index in [0.717, 1.165) is 24.2 Å². The van der Waals surface area contributed by atoms with Crippen LogP contribution in [0.25, 0.3) is 0 Å². The number of hydrogen-bond acceptors (Lipinski definition) is 2. The third-order valence-corrected chi connectivity index (χ3v) is 3.62. The highest BCUT2D eigenvalue weighted by atomic mass is 16.5. The summed E-state index contributed by atoms with van der Waals surface area (Å²) in [5, 5.41) is 5.76. The lowest BCUT2D eigenvalue weighted by atomic mass is 10.1. The molecule has 0 saturated carbocycles. The van der Waals surface area contributed by atoms with Gasteiger partial charge in [-0.2, -0.15) is 0 Å². The molecule has 0 heterocycles. The summed E-state index contributed by atoms with van der Waals surface area (Å²) >= 11 is 0. The summed E-state index contributed by atoms with van der Waals surface area (Å²) in [6.45, 7) is 3.31. The largest absolute Gasteiger partial charge is 0.497 e. The fourth-order valence-corrected chi connectivity index (χ4v) is 2.40. The Morgan fingerprint density at radius 1 is 0.957 bits per heavy atom. The van der Waals surface area contributed by atoms with Crippen molar-refractivity contribution < 1.29 is 9.53 Å². The molecule has 0 aliphatic heterocycles. The summed E-state index contributed by atoms with van der Waals surface area (Å²) in [5.41, 5.74) is 3.62. The maximum Gasteiger partial charge on any atom is 0.314 e. The number of hydrogen-bond donors (Lipinski definition) is 2. The van der Waals surface area contributed by atoms with E-state index < -0.39 is 0 Å². The van der Waals surface area contributed by atoms with Crippen molar-refractivity contribution in [3.63, 3.8) is 0 Å². The molecule has 4 heteroatoms. The first-order chi connectivity index (χ1) is 11.2. The summed E-state index contributed by atoms with van der Waals surface area (Å²) in [6, 6.07) is 16.1. The molecular formula is C19H24N2O2. The number of rotatable bonds is 7. The van der Waals surface area contributed by atoms with Gasteiger partial charge < -0.3 is 15.4 Å². The van der Waals surface area contributed by atoms with Gasteiger partial charge in [-0.3, -0.25) is 0 Å². The first-order valence-electron chi connectivity index (χ1n) is 7.87. The Kier molecular flexibility index (Phi) is 6.48. The van der Waals surface area contributed by atoms with Gasteiger partial charge in [-0.25, -0.2) is 4.79 Å². The van der Waals surface area contributed by atoms with Crippen molar-refractivity contribution in [2.45, 2.75) is 19.8 Å². The van der Waals surface area contributed by atoms with Crippen LogP contribution in [0.1, 0.15) is 16.7 Å². The van der Waals surface area contributed by atoms with Crippen LogP contribution < -0.4 is 15.4 Å². The predicted octanol–water partition coefficient (Wildman–Crippen LogP) is 3.09. The van der Waals surface area contributed by atoms with Gasteiger partial charge in [-0.15, -0.1) is 0 Å². The quantitative estimate of drug-likeness (QED) is 0.825. The van der Waals surface area contributed by atoms with E-state index in [1.807, 2.05) is 30.3 Å². The molecule has 0 saturated heterocycles. The molecule has 2 aromatic carbocycles. The monoisotopic (exact) mass is 312 g/mol. The van der Waals surface area contributed by atoms with Gasteiger partial charge in [0.1, 0.15) is 5.75 Å². The third-order valence-electron chi connectivity index (χ3n) is 3.62. The molecule has 0 atom stereocenters. The number of aryl methyl sites for hydroxylation is 1. The smallest absolute Gasteiger partial charge is 0.314 e. The average molecular weight is 312 g/mol. The molecule has 122 valence electrons. The normalized spacial score (nSPS) is 10.2. The standard InChI is InChI=1S/C19H24N2O2/c1-15-5-3-6-16(13-15)9-11-20-19(22)21-12-10-17-7-4-8-18(14-17)23-2/h3-8,13-14H,9-12H2,1-2H3,(H2,20,21,22). The van der Waals surface area contributed by atoms with E-state index in [4.69, 9.17) is 4.74 Å². The first-order valence-corrected chi connectivity index (χ1v) is 7.87. The van der Waals surface area contributed by atoms with Crippen LogP contribution in [0.15, 0.2) is 48.5 Å². The summed E-state index contributed by atoms with van der Waals surface area (Å²) in [6.07, 6.45) is 1.62. The Morgan fingerprint density at radius 3 is 2.17 bits per heavy atom. The van der Waals surface area contributed by atoms with Gasteiger partial charge in [0.15, 0.2) is 0 Å². The van der Waals surface area contributed by atoms with Crippen molar-refractivity contribution in [2.75, 3.05) is 20.2 Å². The minimum absolute atomic E-state index is 0.124. The molecule has 0 unspecified atom stereocenters. The van der Waals surface area contributed by atoms with Gasteiger partial charge in [0.25, 0.3) is 0 Å². The molecule has 2 amide bonds. The topological polar surface area (TPSA) is 50.4 Å². The van der Waals surface area contributed by atoms with E-state index in [1.165, 1.54) is 11.1 Å². The van der Waals surface area contributed by atoms with E-state index in [2.05, 4.69) is 35.8 Å². The Bertz CT molecular complexity index is 641. The second-order valence-electron chi connectivity index (χ2n) is 5.52. The number of urea groups is 1. The lowest BCUT2D eigenvalue weighted by Crippen LogP contribution is -2.37. The van der Waals surface area contributed by atoms with E-state index in [-0.39, 0.29) is 6.03 Å². The minimum atomic E-state index is -0.124. The molecule has 0 aromatic heterocycles. The number of ether oxygens (including phenoxy) is 1. The molecule has 0 aliphatic carbocycles. The minimum Gasteiger partial charge on any atom is -0.497 e. The second kappa shape index (κ2) is 8.83. The van der Waals surface area contributed by atoms with Gasteiger partial charge in [0, 0.05) is 13.1 Å². The van der Waals surface area contributed by atoms with E-state index in [0.29, 0.717) is 13.1 Å². The zero-order chi connectivity index (χ0) is 16.5. The van der Waals surface area contributed by atoms with Crippen LogP contribution in [-0.2, 0) is 12.8 Å². The summed E-state index contributed by atoms with van der Waals surface area (Å²) in [4.78, 5) is 11.8. The van der Waals surface area contributed by atoms with Crippen LogP contribution in [0, 0.1) is 6.92 Å². The van der Waals surface area contributed by atoms with E-state index in [1.54, 1.807) is 7.11 Å². The Labute approximate surface area is 137 Å².